The molecule has 3 heteroatoms. The molecule has 0 saturated heterocycles. The van der Waals surface area contributed by atoms with E-state index in [0.717, 1.165) is 0 Å². The van der Waals surface area contributed by atoms with Crippen LogP contribution in [0, 0.1) is 0 Å². The molecule has 0 fully saturated rings. The molecule has 1 aromatic rings. The van der Waals surface area contributed by atoms with Crippen LogP contribution in [0.2, 0.25) is 0 Å². The van der Waals surface area contributed by atoms with E-state index in [9.17, 15) is 0 Å². The van der Waals surface area contributed by atoms with Crippen LogP contribution in [0.25, 0.3) is 0 Å². The molecule has 0 aliphatic carbocycles. The zero-order valence-electron chi connectivity index (χ0n) is 4.92. The fraction of sp³-hybridized carbons (Fsp3) is 0. The third-order valence-electron chi connectivity index (χ3n) is 1.43. The van der Waals surface area contributed by atoms with E-state index in [1.54, 1.807) is 3.58 Å². The van der Waals surface area contributed by atoms with Gasteiger partial charge in [0.2, 0.25) is 0 Å². The molecule has 1 aliphatic heterocycles. The number of fused-ring (bicyclic) bond motifs is 1. The second kappa shape index (κ2) is 2.42. The van der Waals surface area contributed by atoms with Crippen molar-refractivity contribution >= 4 is 38.2 Å². The molecular weight excluding hydrogens is 237 g/mol. The van der Waals surface area contributed by atoms with E-state index in [4.69, 9.17) is 0 Å². The van der Waals surface area contributed by atoms with Crippen molar-refractivity contribution in [2.75, 3.05) is 4.72 Å². The Bertz CT molecular complexity index is 203. The van der Waals surface area contributed by atoms with Crippen LogP contribution in [0.15, 0.2) is 24.3 Å². The third kappa shape index (κ3) is 1.05. The molecule has 0 radical (unpaired) electrons. The van der Waals surface area contributed by atoms with Gasteiger partial charge in [0.05, 0.1) is 0 Å². The van der Waals surface area contributed by atoms with Crippen molar-refractivity contribution in [3.63, 3.8) is 0 Å². The van der Waals surface area contributed by atoms with E-state index >= 15 is 0 Å². The van der Waals surface area contributed by atoms with Crippen LogP contribution in [0.5, 0.6) is 0 Å². The van der Waals surface area contributed by atoms with E-state index in [-0.39, 0.29) is 0 Å². The predicted molar refractivity (Wildman–Crippen MR) is 45.8 cm³/mol. The maximum absolute atomic E-state index is 3.31. The fourth-order valence-electron chi connectivity index (χ4n) is 0.937. The van der Waals surface area contributed by atoms with Gasteiger partial charge in [-0.1, -0.05) is 0 Å². The standard InChI is InChI=1S/C6H5NS.Sn.2H/c8-7-6-4-2-1-3-5-6;;;/h1-4,7H;;;/q-1;+1;;. The number of nitrogens with one attached hydrogen (secondary N) is 1. The van der Waals surface area contributed by atoms with Crippen molar-refractivity contribution in [3.8, 4) is 0 Å². The van der Waals surface area contributed by atoms with Crippen LogP contribution in [0.3, 0.4) is 0 Å². The molecule has 0 unspecified atom stereocenters. The number of rotatable bonds is 0. The van der Waals surface area contributed by atoms with E-state index < -0.39 is 19.8 Å². The molecule has 1 N–H and O–H groups in total. The summed E-state index contributed by atoms with van der Waals surface area (Å²) in [7, 11) is 1.96. The Morgan fingerprint density at radius 3 is 3.11 bits per heavy atom. The zero-order valence-corrected chi connectivity index (χ0v) is 9.78. The fourth-order valence-corrected chi connectivity index (χ4v) is 8.55. The second-order valence-electron chi connectivity index (χ2n) is 2.05. The summed E-state index contributed by atoms with van der Waals surface area (Å²) < 4.78 is 4.94. The van der Waals surface area contributed by atoms with Crippen molar-refractivity contribution in [1.82, 2.24) is 0 Å². The van der Waals surface area contributed by atoms with E-state index in [1.807, 2.05) is 9.13 Å². The topological polar surface area (TPSA) is 12.0 Å². The van der Waals surface area contributed by atoms with Crippen LogP contribution in [-0.4, -0.2) is 19.8 Å². The molecule has 0 atom stereocenters. The molecule has 0 aromatic heterocycles. The molecule has 0 saturated carbocycles. The van der Waals surface area contributed by atoms with Gasteiger partial charge in [-0.2, -0.15) is 0 Å². The van der Waals surface area contributed by atoms with Crippen LogP contribution in [0.4, 0.5) is 5.69 Å². The van der Waals surface area contributed by atoms with Crippen molar-refractivity contribution < 1.29 is 0 Å². The predicted octanol–water partition coefficient (Wildman–Crippen LogP) is 0.469. The molecule has 9 heavy (non-hydrogen) atoms. The molecule has 1 heterocycles. The molecule has 0 bridgehead atoms. The first-order valence-electron chi connectivity index (χ1n) is 2.92. The van der Waals surface area contributed by atoms with Crippen molar-refractivity contribution in [2.24, 2.45) is 0 Å². The second-order valence-corrected chi connectivity index (χ2v) is 9.95. The summed E-state index contributed by atoms with van der Waals surface area (Å²) in [5.41, 5.74) is 1.37. The van der Waals surface area contributed by atoms with Gasteiger partial charge in [0.25, 0.3) is 0 Å². The monoisotopic (exact) mass is 245 g/mol. The summed E-state index contributed by atoms with van der Waals surface area (Å²) in [6.45, 7) is 0. The molecule has 0 amide bonds. The van der Waals surface area contributed by atoms with Gasteiger partial charge in [-0.15, -0.1) is 0 Å². The van der Waals surface area contributed by atoms with Gasteiger partial charge in [0.1, 0.15) is 0 Å². The van der Waals surface area contributed by atoms with Crippen molar-refractivity contribution in [2.45, 2.75) is 0 Å². The maximum atomic E-state index is 3.31. The first-order valence-corrected chi connectivity index (χ1v) is 10.9. The normalized spacial score (nSPS) is 17.3. The molecule has 1 nitrogen and oxygen atoms in total. The Morgan fingerprint density at radius 2 is 2.22 bits per heavy atom. The number of anilines is 1. The molecule has 2 rings (SSSR count). The summed E-state index contributed by atoms with van der Waals surface area (Å²) in [4.78, 5) is 0. The van der Waals surface area contributed by atoms with Crippen LogP contribution >= 0.6 is 9.13 Å². The average molecular weight is 244 g/mol. The number of hydrogen-bond acceptors (Lipinski definition) is 2. The van der Waals surface area contributed by atoms with E-state index in [1.165, 1.54) is 5.69 Å². The number of hydrogen-bond donors (Lipinski definition) is 1. The summed E-state index contributed by atoms with van der Waals surface area (Å²) in [5.74, 6) is 0. The summed E-state index contributed by atoms with van der Waals surface area (Å²) in [6, 6.07) is 8.62. The number of benzene rings is 1. The Kier molecular flexibility index (Phi) is 1.59. The molecule has 0 spiro atoms. The summed E-state index contributed by atoms with van der Waals surface area (Å²) >= 11 is -0.571. The summed E-state index contributed by atoms with van der Waals surface area (Å²) in [6.07, 6.45) is 0. The minimum atomic E-state index is -0.571. The van der Waals surface area contributed by atoms with Gasteiger partial charge in [-0.3, -0.25) is 0 Å². The van der Waals surface area contributed by atoms with E-state index in [2.05, 4.69) is 29.0 Å². The van der Waals surface area contributed by atoms with Crippen LogP contribution < -0.4 is 8.30 Å². The van der Waals surface area contributed by atoms with Gasteiger partial charge < -0.3 is 0 Å². The molecular formula is C6H7NSSn. The molecule has 1 aliphatic rings. The molecule has 46 valence electrons. The van der Waals surface area contributed by atoms with Gasteiger partial charge >= 0.3 is 67.1 Å². The Morgan fingerprint density at radius 1 is 1.33 bits per heavy atom. The van der Waals surface area contributed by atoms with Crippen molar-refractivity contribution in [3.05, 3.63) is 24.3 Å². The van der Waals surface area contributed by atoms with Crippen LogP contribution in [0.1, 0.15) is 0 Å². The Hall–Kier alpha value is 0.169. The van der Waals surface area contributed by atoms with Gasteiger partial charge in [-0.25, -0.2) is 0 Å². The van der Waals surface area contributed by atoms with Gasteiger partial charge in [0.15, 0.2) is 0 Å². The average Bonchev–Trinajstić information content (AvgIpc) is 2.33. The van der Waals surface area contributed by atoms with Gasteiger partial charge in [0, 0.05) is 0 Å². The minimum absolute atomic E-state index is 0.571. The van der Waals surface area contributed by atoms with Gasteiger partial charge in [-0.05, 0) is 0 Å². The number of para-hydroxylation sites is 1. The summed E-state index contributed by atoms with van der Waals surface area (Å²) in [5, 5.41) is 0. The van der Waals surface area contributed by atoms with E-state index in [0.29, 0.717) is 0 Å². The van der Waals surface area contributed by atoms with Crippen LogP contribution in [-0.2, 0) is 0 Å². The quantitative estimate of drug-likeness (QED) is 0.525. The third-order valence-corrected chi connectivity index (χ3v) is 9.14. The molecule has 1 aromatic carbocycles. The SMILES string of the molecule is c1cc[c]2c(c1)N[S][SnH2]2. The Labute approximate surface area is 67.0 Å². The Balaban J connectivity index is 2.54. The van der Waals surface area contributed by atoms with Crippen molar-refractivity contribution in [1.29, 1.82) is 0 Å². The zero-order chi connectivity index (χ0) is 6.10. The first kappa shape index (κ1) is 5.92. The first-order chi connectivity index (χ1) is 4.47.